The summed E-state index contributed by atoms with van der Waals surface area (Å²) in [6.07, 6.45) is 0. The Balaban J connectivity index is 1.89. The number of hydrogen-bond donors (Lipinski definition) is 1. The molecule has 0 saturated heterocycles. The summed E-state index contributed by atoms with van der Waals surface area (Å²) in [4.78, 5) is 16.9. The third-order valence-corrected chi connectivity index (χ3v) is 4.67. The van der Waals surface area contributed by atoms with Crippen molar-refractivity contribution in [2.24, 2.45) is 0 Å². The number of fused-ring (bicyclic) bond motifs is 2. The molecule has 1 N–H and O–H groups in total. The number of carbonyl (C=O) groups is 1. The molecule has 0 spiro atoms. The highest BCUT2D eigenvalue weighted by Crippen LogP contribution is 2.40. The molecule has 0 radical (unpaired) electrons. The normalized spacial score (nSPS) is 16.5. The lowest BCUT2D eigenvalue weighted by Crippen LogP contribution is -2.12. The lowest BCUT2D eigenvalue weighted by Gasteiger charge is -2.04. The number of aromatic nitrogens is 1. The summed E-state index contributed by atoms with van der Waals surface area (Å²) in [5.41, 5.74) is 3.05. The third-order valence-electron chi connectivity index (χ3n) is 3.57. The predicted octanol–water partition coefficient (Wildman–Crippen LogP) is 3.25. The smallest absolute Gasteiger partial charge is 0.238 e. The molecule has 4 rings (SSSR count). The van der Waals surface area contributed by atoms with E-state index in [-0.39, 0.29) is 5.91 Å². The van der Waals surface area contributed by atoms with E-state index in [1.54, 1.807) is 18.2 Å². The molecule has 2 aromatic carbocycles. The van der Waals surface area contributed by atoms with E-state index in [1.807, 2.05) is 24.3 Å². The van der Waals surface area contributed by atoms with Crippen LogP contribution in [0.4, 0.5) is 5.69 Å². The summed E-state index contributed by atoms with van der Waals surface area (Å²) < 4.78 is 1.06. The average molecular weight is 291 g/mol. The fraction of sp³-hybridized carbons (Fsp3) is 0.0625. The number of nitriles is 1. The first kappa shape index (κ1) is 12.1. The van der Waals surface area contributed by atoms with Crippen molar-refractivity contribution < 1.29 is 4.79 Å². The van der Waals surface area contributed by atoms with E-state index in [2.05, 4.69) is 16.4 Å². The molecular formula is C16H9N3OS. The Hall–Kier alpha value is -2.71. The largest absolute Gasteiger partial charge is 0.325 e. The van der Waals surface area contributed by atoms with Crippen LogP contribution in [0.3, 0.4) is 0 Å². The SMILES string of the molecule is N#Cc1ccc2c(c1)C(c1nc3ccccc3s1)C(=O)N2. The number of hydrogen-bond acceptors (Lipinski definition) is 4. The minimum absolute atomic E-state index is 0.0841. The fourth-order valence-electron chi connectivity index (χ4n) is 2.59. The number of para-hydroxylation sites is 1. The van der Waals surface area contributed by atoms with Gasteiger partial charge in [-0.05, 0) is 35.9 Å². The molecule has 21 heavy (non-hydrogen) atoms. The summed E-state index contributed by atoms with van der Waals surface area (Å²) in [6, 6.07) is 15.2. The van der Waals surface area contributed by atoms with Crippen molar-refractivity contribution in [2.45, 2.75) is 5.92 Å². The summed E-state index contributed by atoms with van der Waals surface area (Å²) in [5, 5.41) is 12.7. The van der Waals surface area contributed by atoms with Gasteiger partial charge in [-0.1, -0.05) is 12.1 Å². The number of rotatable bonds is 1. The molecule has 4 nitrogen and oxygen atoms in total. The van der Waals surface area contributed by atoms with E-state index in [1.165, 1.54) is 11.3 Å². The second-order valence-corrected chi connectivity index (χ2v) is 5.92. The molecule has 1 aliphatic rings. The molecule has 5 heteroatoms. The molecule has 2 heterocycles. The molecule has 1 amide bonds. The van der Waals surface area contributed by atoms with Gasteiger partial charge in [0.25, 0.3) is 0 Å². The number of nitrogens with one attached hydrogen (secondary N) is 1. The van der Waals surface area contributed by atoms with Crippen LogP contribution in [0.15, 0.2) is 42.5 Å². The number of thiazole rings is 1. The van der Waals surface area contributed by atoms with Crippen LogP contribution in [0.1, 0.15) is 22.1 Å². The molecule has 3 aromatic rings. The van der Waals surface area contributed by atoms with E-state index in [0.29, 0.717) is 5.56 Å². The Morgan fingerprint density at radius 3 is 2.90 bits per heavy atom. The van der Waals surface area contributed by atoms with Crippen molar-refractivity contribution in [1.29, 1.82) is 5.26 Å². The van der Waals surface area contributed by atoms with Crippen molar-refractivity contribution >= 4 is 33.1 Å². The zero-order chi connectivity index (χ0) is 14.4. The molecule has 0 aliphatic carbocycles. The topological polar surface area (TPSA) is 65.8 Å². The van der Waals surface area contributed by atoms with Crippen LogP contribution in [0, 0.1) is 11.3 Å². The monoisotopic (exact) mass is 291 g/mol. The van der Waals surface area contributed by atoms with Gasteiger partial charge in [-0.25, -0.2) is 4.98 Å². The first-order valence-corrected chi connectivity index (χ1v) is 7.28. The number of amides is 1. The van der Waals surface area contributed by atoms with Crippen LogP contribution in [-0.2, 0) is 4.79 Å². The van der Waals surface area contributed by atoms with Crippen LogP contribution in [0.2, 0.25) is 0 Å². The van der Waals surface area contributed by atoms with Crippen LogP contribution < -0.4 is 5.32 Å². The maximum Gasteiger partial charge on any atom is 0.238 e. The number of nitrogens with zero attached hydrogens (tertiary/aromatic N) is 2. The first-order chi connectivity index (χ1) is 10.3. The number of carbonyl (C=O) groups excluding carboxylic acids is 1. The van der Waals surface area contributed by atoms with Crippen LogP contribution >= 0.6 is 11.3 Å². The molecule has 1 unspecified atom stereocenters. The molecule has 1 aromatic heterocycles. The Labute approximate surface area is 124 Å². The van der Waals surface area contributed by atoms with Crippen molar-refractivity contribution in [3.05, 3.63) is 58.6 Å². The van der Waals surface area contributed by atoms with Gasteiger partial charge < -0.3 is 5.32 Å². The standard InChI is InChI=1S/C16H9N3OS/c17-8-9-5-6-11-10(7-9)14(15(20)18-11)16-19-12-3-1-2-4-13(12)21-16/h1-7,14H,(H,18,20). The highest BCUT2D eigenvalue weighted by Gasteiger charge is 2.34. The van der Waals surface area contributed by atoms with E-state index in [9.17, 15) is 4.79 Å². The van der Waals surface area contributed by atoms with E-state index >= 15 is 0 Å². The van der Waals surface area contributed by atoms with Gasteiger partial charge in [0.05, 0.1) is 21.8 Å². The number of anilines is 1. The lowest BCUT2D eigenvalue weighted by molar-refractivity contribution is -0.116. The van der Waals surface area contributed by atoms with Gasteiger partial charge in [0.2, 0.25) is 5.91 Å². The number of benzene rings is 2. The van der Waals surface area contributed by atoms with Crippen molar-refractivity contribution in [2.75, 3.05) is 5.32 Å². The van der Waals surface area contributed by atoms with Crippen molar-refractivity contribution in [1.82, 2.24) is 4.98 Å². The van der Waals surface area contributed by atoms with Gasteiger partial charge in [-0.15, -0.1) is 11.3 Å². The second-order valence-electron chi connectivity index (χ2n) is 4.86. The van der Waals surface area contributed by atoms with Crippen LogP contribution in [0.25, 0.3) is 10.2 Å². The van der Waals surface area contributed by atoms with Crippen molar-refractivity contribution in [3.8, 4) is 6.07 Å². The summed E-state index contributed by atoms with van der Waals surface area (Å²) in [7, 11) is 0. The lowest BCUT2D eigenvalue weighted by atomic mass is 9.99. The summed E-state index contributed by atoms with van der Waals surface area (Å²) in [6.45, 7) is 0. The van der Waals surface area contributed by atoms with E-state index < -0.39 is 5.92 Å². The first-order valence-electron chi connectivity index (χ1n) is 6.46. The molecule has 0 saturated carbocycles. The Morgan fingerprint density at radius 2 is 2.10 bits per heavy atom. The van der Waals surface area contributed by atoms with Crippen LogP contribution in [-0.4, -0.2) is 10.9 Å². The minimum Gasteiger partial charge on any atom is -0.325 e. The molecular weight excluding hydrogens is 282 g/mol. The highest BCUT2D eigenvalue weighted by molar-refractivity contribution is 7.18. The highest BCUT2D eigenvalue weighted by atomic mass is 32.1. The third kappa shape index (κ3) is 1.81. The van der Waals surface area contributed by atoms with Gasteiger partial charge >= 0.3 is 0 Å². The summed E-state index contributed by atoms with van der Waals surface area (Å²) in [5.74, 6) is -0.509. The Morgan fingerprint density at radius 1 is 1.24 bits per heavy atom. The van der Waals surface area contributed by atoms with E-state index in [0.717, 1.165) is 26.5 Å². The summed E-state index contributed by atoms with van der Waals surface area (Å²) >= 11 is 1.52. The van der Waals surface area contributed by atoms with Gasteiger partial charge in [0, 0.05) is 5.69 Å². The van der Waals surface area contributed by atoms with E-state index in [4.69, 9.17) is 5.26 Å². The van der Waals surface area contributed by atoms with Gasteiger partial charge in [-0.2, -0.15) is 5.26 Å². The average Bonchev–Trinajstić information content (AvgIpc) is 3.05. The molecule has 1 atom stereocenters. The quantitative estimate of drug-likeness (QED) is 0.748. The molecule has 1 aliphatic heterocycles. The molecule has 0 bridgehead atoms. The van der Waals surface area contributed by atoms with Gasteiger partial charge in [-0.3, -0.25) is 4.79 Å². The van der Waals surface area contributed by atoms with Gasteiger partial charge in [0.15, 0.2) is 0 Å². The van der Waals surface area contributed by atoms with Gasteiger partial charge in [0.1, 0.15) is 10.9 Å². The zero-order valence-electron chi connectivity index (χ0n) is 10.8. The predicted molar refractivity (Wildman–Crippen MR) is 81.2 cm³/mol. The Bertz CT molecular complexity index is 890. The molecule has 0 fully saturated rings. The second kappa shape index (κ2) is 4.40. The van der Waals surface area contributed by atoms with Crippen LogP contribution in [0.5, 0.6) is 0 Å². The zero-order valence-corrected chi connectivity index (χ0v) is 11.6. The van der Waals surface area contributed by atoms with Crippen molar-refractivity contribution in [3.63, 3.8) is 0 Å². The maximum atomic E-state index is 12.3. The fourth-order valence-corrected chi connectivity index (χ4v) is 3.68. The molecule has 100 valence electrons. The Kier molecular flexibility index (Phi) is 2.53. The minimum atomic E-state index is -0.425. The maximum absolute atomic E-state index is 12.3.